The molecule has 1 amide bonds. The van der Waals surface area contributed by atoms with Gasteiger partial charge in [0.05, 0.1) is 28.2 Å². The van der Waals surface area contributed by atoms with Crippen molar-refractivity contribution in [3.05, 3.63) is 82.0 Å². The first-order chi connectivity index (χ1) is 15.5. The molecule has 166 valence electrons. The third kappa shape index (κ3) is 5.22. The molecule has 1 aliphatic heterocycles. The van der Waals surface area contributed by atoms with Crippen molar-refractivity contribution in [2.75, 3.05) is 6.54 Å². The zero-order chi connectivity index (χ0) is 22.5. The second kappa shape index (κ2) is 10.3. The number of hydrogen-bond acceptors (Lipinski definition) is 3. The molecule has 0 fully saturated rings. The summed E-state index contributed by atoms with van der Waals surface area (Å²) in [6.45, 7) is 2.56. The summed E-state index contributed by atoms with van der Waals surface area (Å²) < 4.78 is 1.87. The first-order valence-corrected chi connectivity index (χ1v) is 11.6. The van der Waals surface area contributed by atoms with Crippen LogP contribution in [-0.4, -0.2) is 27.9 Å². The summed E-state index contributed by atoms with van der Waals surface area (Å²) in [4.78, 5) is 17.8. The highest BCUT2D eigenvalue weighted by Gasteiger charge is 2.36. The van der Waals surface area contributed by atoms with E-state index in [1.165, 1.54) is 5.56 Å². The number of hydrogen-bond donors (Lipinski definition) is 1. The summed E-state index contributed by atoms with van der Waals surface area (Å²) in [6.07, 6.45) is 5.05. The Morgan fingerprint density at radius 1 is 1.03 bits per heavy atom. The van der Waals surface area contributed by atoms with Crippen LogP contribution in [0.4, 0.5) is 5.82 Å². The van der Waals surface area contributed by atoms with Gasteiger partial charge in [-0.15, -0.1) is 0 Å². The van der Waals surface area contributed by atoms with E-state index in [1.54, 1.807) is 6.20 Å². The summed E-state index contributed by atoms with van der Waals surface area (Å²) in [7, 11) is 0. The second-order valence-electron chi connectivity index (χ2n) is 8.10. The number of aryl methyl sites for hydroxylation is 2. The molecule has 1 N–H and O–H groups in total. The van der Waals surface area contributed by atoms with Crippen LogP contribution in [0.1, 0.15) is 36.9 Å². The monoisotopic (exact) mass is 468 g/mol. The molecule has 7 heteroatoms. The Bertz CT molecular complexity index is 1110. The van der Waals surface area contributed by atoms with Crippen LogP contribution in [0.5, 0.6) is 0 Å². The van der Waals surface area contributed by atoms with Crippen molar-refractivity contribution in [2.24, 2.45) is 10.9 Å². The van der Waals surface area contributed by atoms with Crippen LogP contribution in [0, 0.1) is 5.92 Å². The topological polar surface area (TPSA) is 59.3 Å². The molecule has 2 atom stereocenters. The highest BCUT2D eigenvalue weighted by molar-refractivity contribution is 6.42. The van der Waals surface area contributed by atoms with Crippen LogP contribution >= 0.6 is 23.2 Å². The van der Waals surface area contributed by atoms with Crippen molar-refractivity contribution in [1.29, 1.82) is 0 Å². The molecular weight excluding hydrogens is 443 g/mol. The predicted octanol–water partition coefficient (Wildman–Crippen LogP) is 5.84. The van der Waals surface area contributed by atoms with Crippen LogP contribution in [0.15, 0.2) is 65.8 Å². The Morgan fingerprint density at radius 3 is 2.62 bits per heavy atom. The van der Waals surface area contributed by atoms with Gasteiger partial charge in [0.2, 0.25) is 5.91 Å². The van der Waals surface area contributed by atoms with Gasteiger partial charge in [-0.05, 0) is 55.9 Å². The summed E-state index contributed by atoms with van der Waals surface area (Å²) in [5.74, 6) is 0.427. The van der Waals surface area contributed by atoms with Gasteiger partial charge in [0.1, 0.15) is 0 Å². The fraction of sp³-hybridized carbons (Fsp3) is 0.320. The molecule has 4 rings (SSSR count). The van der Waals surface area contributed by atoms with E-state index in [0.717, 1.165) is 42.8 Å². The Hall–Kier alpha value is -2.63. The van der Waals surface area contributed by atoms with Gasteiger partial charge < -0.3 is 5.32 Å². The number of fused-ring (bicyclic) bond motifs is 1. The lowest BCUT2D eigenvalue weighted by Crippen LogP contribution is -2.42. The SMILES string of the molecule is CC1=Nc2ccnn2C(CCc2ccc(Cl)c(Cl)c2)C1C(=O)NCCCc1ccccc1. The highest BCUT2D eigenvalue weighted by atomic mass is 35.5. The average Bonchev–Trinajstić information content (AvgIpc) is 3.26. The molecule has 0 bridgehead atoms. The number of carbonyl (C=O) groups excluding carboxylic acids is 1. The van der Waals surface area contributed by atoms with E-state index in [4.69, 9.17) is 23.2 Å². The maximum absolute atomic E-state index is 13.2. The maximum atomic E-state index is 13.2. The molecule has 0 saturated heterocycles. The number of benzene rings is 2. The number of aromatic nitrogens is 2. The van der Waals surface area contributed by atoms with E-state index < -0.39 is 0 Å². The van der Waals surface area contributed by atoms with Gasteiger partial charge in [-0.1, -0.05) is 59.6 Å². The Balaban J connectivity index is 1.43. The molecule has 3 aromatic rings. The van der Waals surface area contributed by atoms with Crippen LogP contribution < -0.4 is 5.32 Å². The molecule has 0 aliphatic carbocycles. The maximum Gasteiger partial charge on any atom is 0.230 e. The minimum Gasteiger partial charge on any atom is -0.355 e. The lowest BCUT2D eigenvalue weighted by molar-refractivity contribution is -0.124. The summed E-state index contributed by atoms with van der Waals surface area (Å²) in [5.41, 5.74) is 3.17. The van der Waals surface area contributed by atoms with E-state index in [9.17, 15) is 4.79 Å². The van der Waals surface area contributed by atoms with Gasteiger partial charge >= 0.3 is 0 Å². The first-order valence-electron chi connectivity index (χ1n) is 10.9. The summed E-state index contributed by atoms with van der Waals surface area (Å²) in [6, 6.07) is 17.7. The van der Waals surface area contributed by atoms with E-state index in [0.29, 0.717) is 16.6 Å². The van der Waals surface area contributed by atoms with E-state index in [2.05, 4.69) is 27.5 Å². The van der Waals surface area contributed by atoms with Crippen molar-refractivity contribution in [2.45, 2.75) is 38.6 Å². The number of nitrogens with zero attached hydrogens (tertiary/aromatic N) is 3. The number of rotatable bonds is 8. The van der Waals surface area contributed by atoms with Gasteiger partial charge in [0.15, 0.2) is 5.82 Å². The van der Waals surface area contributed by atoms with Crippen LogP contribution in [0.25, 0.3) is 0 Å². The summed E-state index contributed by atoms with van der Waals surface area (Å²) >= 11 is 12.2. The normalized spacial score (nSPS) is 17.5. The molecule has 1 aromatic heterocycles. The lowest BCUT2D eigenvalue weighted by atomic mass is 9.88. The minimum atomic E-state index is -0.359. The predicted molar refractivity (Wildman–Crippen MR) is 130 cm³/mol. The van der Waals surface area contributed by atoms with Crippen molar-refractivity contribution in [3.63, 3.8) is 0 Å². The largest absolute Gasteiger partial charge is 0.355 e. The van der Waals surface area contributed by atoms with Crippen LogP contribution in [0.2, 0.25) is 10.0 Å². The molecule has 32 heavy (non-hydrogen) atoms. The molecule has 0 saturated carbocycles. The third-order valence-electron chi connectivity index (χ3n) is 5.87. The quantitative estimate of drug-likeness (QED) is 0.422. The van der Waals surface area contributed by atoms with Gasteiger partial charge in [-0.3, -0.25) is 4.79 Å². The zero-order valence-corrected chi connectivity index (χ0v) is 19.5. The van der Waals surface area contributed by atoms with Gasteiger partial charge in [0, 0.05) is 18.3 Å². The number of halogens is 2. The standard InChI is InChI=1S/C25H26Cl2N4O/c1-17-24(25(32)28-14-5-8-18-6-3-2-4-7-18)22(31-23(30-17)13-15-29-31)12-10-19-9-11-20(26)21(27)16-19/h2-4,6-7,9,11,13,15-16,22,24H,5,8,10,12,14H2,1H3,(H,28,32). The first kappa shape index (κ1) is 22.6. The number of amides is 1. The van der Waals surface area contributed by atoms with Gasteiger partial charge in [-0.2, -0.15) is 5.10 Å². The number of carbonyl (C=O) groups is 1. The Labute approximate surface area is 198 Å². The van der Waals surface area contributed by atoms with E-state index >= 15 is 0 Å². The molecule has 2 heterocycles. The Kier molecular flexibility index (Phi) is 7.28. The molecule has 2 aromatic carbocycles. The summed E-state index contributed by atoms with van der Waals surface area (Å²) in [5, 5.41) is 8.67. The third-order valence-corrected chi connectivity index (χ3v) is 6.61. The van der Waals surface area contributed by atoms with Gasteiger partial charge in [-0.25, -0.2) is 9.67 Å². The molecule has 0 spiro atoms. The zero-order valence-electron chi connectivity index (χ0n) is 18.0. The van der Waals surface area contributed by atoms with Crippen molar-refractivity contribution in [1.82, 2.24) is 15.1 Å². The van der Waals surface area contributed by atoms with Crippen molar-refractivity contribution < 1.29 is 4.79 Å². The van der Waals surface area contributed by atoms with Crippen molar-refractivity contribution in [3.8, 4) is 0 Å². The molecular formula is C25H26Cl2N4O. The lowest BCUT2D eigenvalue weighted by Gasteiger charge is -2.31. The Morgan fingerprint density at radius 2 is 1.84 bits per heavy atom. The molecule has 5 nitrogen and oxygen atoms in total. The molecule has 2 unspecified atom stereocenters. The second-order valence-corrected chi connectivity index (χ2v) is 8.91. The van der Waals surface area contributed by atoms with Crippen LogP contribution in [0.3, 0.4) is 0 Å². The van der Waals surface area contributed by atoms with E-state index in [1.807, 2.05) is 54.1 Å². The molecule has 1 aliphatic rings. The fourth-order valence-corrected chi connectivity index (χ4v) is 4.56. The fourth-order valence-electron chi connectivity index (χ4n) is 4.24. The average molecular weight is 469 g/mol. The number of aliphatic imine (C=N–C) groups is 1. The number of nitrogens with one attached hydrogen (secondary N) is 1. The highest BCUT2D eigenvalue weighted by Crippen LogP contribution is 2.35. The smallest absolute Gasteiger partial charge is 0.230 e. The van der Waals surface area contributed by atoms with E-state index in [-0.39, 0.29) is 17.9 Å². The minimum absolute atomic E-state index is 0.000370. The molecule has 0 radical (unpaired) electrons. The van der Waals surface area contributed by atoms with Gasteiger partial charge in [0.25, 0.3) is 0 Å². The van der Waals surface area contributed by atoms with Crippen LogP contribution in [-0.2, 0) is 17.6 Å². The van der Waals surface area contributed by atoms with Crippen molar-refractivity contribution >= 4 is 40.6 Å².